The van der Waals surface area contributed by atoms with Gasteiger partial charge in [0.05, 0.1) is 36.7 Å². The first-order valence-electron chi connectivity index (χ1n) is 12.2. The molecule has 2 amide bonds. The van der Waals surface area contributed by atoms with E-state index in [9.17, 15) is 9.59 Å². The van der Waals surface area contributed by atoms with Crippen LogP contribution in [0, 0.1) is 11.8 Å². The highest BCUT2D eigenvalue weighted by Crippen LogP contribution is 2.42. The molecule has 1 N–H and O–H groups in total. The Morgan fingerprint density at radius 2 is 1.94 bits per heavy atom. The summed E-state index contributed by atoms with van der Waals surface area (Å²) in [6.45, 7) is 6.67. The van der Waals surface area contributed by atoms with Gasteiger partial charge in [-0.15, -0.1) is 11.3 Å². The molecular weight excluding hydrogens is 462 g/mol. The molecule has 1 aliphatic heterocycles. The summed E-state index contributed by atoms with van der Waals surface area (Å²) < 4.78 is 14.1. The lowest BCUT2D eigenvalue weighted by molar-refractivity contribution is -0.128. The Bertz CT molecular complexity index is 1280. The molecule has 0 saturated heterocycles. The van der Waals surface area contributed by atoms with Gasteiger partial charge in [-0.3, -0.25) is 14.5 Å². The summed E-state index contributed by atoms with van der Waals surface area (Å²) in [5.41, 5.74) is 0.907. The van der Waals surface area contributed by atoms with Crippen molar-refractivity contribution in [1.82, 2.24) is 9.88 Å². The largest absolute Gasteiger partial charge is 0.497 e. The molecule has 8 heteroatoms. The summed E-state index contributed by atoms with van der Waals surface area (Å²) in [7, 11) is 3.15. The van der Waals surface area contributed by atoms with Gasteiger partial charge in [0.25, 0.3) is 5.91 Å². The highest BCUT2D eigenvalue weighted by molar-refractivity contribution is 7.17. The number of methoxy groups -OCH3 is 2. The monoisotopic (exact) mass is 495 g/mol. The van der Waals surface area contributed by atoms with Crippen LogP contribution in [0.5, 0.6) is 11.5 Å². The average Bonchev–Trinajstić information content (AvgIpc) is 3.44. The van der Waals surface area contributed by atoms with Crippen LogP contribution in [0.3, 0.4) is 0 Å². The third-order valence-electron chi connectivity index (χ3n) is 8.04. The Morgan fingerprint density at radius 1 is 1.14 bits per heavy atom. The van der Waals surface area contributed by atoms with Crippen molar-refractivity contribution in [2.45, 2.75) is 58.2 Å². The van der Waals surface area contributed by atoms with Crippen LogP contribution in [0.2, 0.25) is 0 Å². The van der Waals surface area contributed by atoms with Crippen LogP contribution in [0.15, 0.2) is 35.7 Å². The van der Waals surface area contributed by atoms with E-state index >= 15 is 0 Å². The van der Waals surface area contributed by atoms with Crippen molar-refractivity contribution in [2.24, 2.45) is 11.8 Å². The molecule has 1 fully saturated rings. The molecule has 7 nitrogen and oxygen atoms in total. The highest BCUT2D eigenvalue weighted by atomic mass is 32.1. The number of benzene rings is 1. The fourth-order valence-corrected chi connectivity index (χ4v) is 6.49. The molecule has 0 spiro atoms. The van der Waals surface area contributed by atoms with Crippen LogP contribution in [0.25, 0.3) is 10.2 Å². The Hall–Kier alpha value is -3.00. The molecule has 5 rings (SSSR count). The van der Waals surface area contributed by atoms with E-state index < -0.39 is 5.54 Å². The predicted molar refractivity (Wildman–Crippen MR) is 139 cm³/mol. The van der Waals surface area contributed by atoms with Gasteiger partial charge in [-0.1, -0.05) is 26.7 Å². The molecular formula is C27H33N3O4S. The van der Waals surface area contributed by atoms with E-state index in [2.05, 4.69) is 19.2 Å². The Morgan fingerprint density at radius 3 is 2.69 bits per heavy atom. The van der Waals surface area contributed by atoms with Crippen molar-refractivity contribution in [3.63, 3.8) is 0 Å². The number of rotatable bonds is 5. The van der Waals surface area contributed by atoms with E-state index in [0.717, 1.165) is 23.1 Å². The molecule has 3 heterocycles. The zero-order valence-corrected chi connectivity index (χ0v) is 21.8. The maximum Gasteiger partial charge on any atom is 0.276 e. The number of thiophene rings is 1. The quantitative estimate of drug-likeness (QED) is 0.536. The summed E-state index contributed by atoms with van der Waals surface area (Å²) in [6, 6.07) is 9.36. The van der Waals surface area contributed by atoms with Gasteiger partial charge in [0.15, 0.2) is 0 Å². The molecule has 0 unspecified atom stereocenters. The van der Waals surface area contributed by atoms with Gasteiger partial charge >= 0.3 is 0 Å². The van der Waals surface area contributed by atoms with Gasteiger partial charge in [-0.25, -0.2) is 0 Å². The van der Waals surface area contributed by atoms with Crippen molar-refractivity contribution >= 4 is 39.1 Å². The van der Waals surface area contributed by atoms with Crippen molar-refractivity contribution in [3.8, 4) is 11.5 Å². The standard InChI is InChI=1S/C27H33N3O4S/c1-16-7-6-8-19(17(16)2)28-26(32)27(3)15-29-20-11-12-35-24(20)14-22(29)25(31)30(27)21-13-18(33-4)9-10-23(21)34-5/h9-14,16-17,19H,6-8,15H2,1-5H3,(H,28,32)/t16-,17+,19-,27-/m1/s1. The average molecular weight is 496 g/mol. The lowest BCUT2D eigenvalue weighted by Gasteiger charge is -2.45. The van der Waals surface area contributed by atoms with Crippen molar-refractivity contribution in [3.05, 3.63) is 41.4 Å². The van der Waals surface area contributed by atoms with Crippen molar-refractivity contribution in [2.75, 3.05) is 19.1 Å². The summed E-state index contributed by atoms with van der Waals surface area (Å²) >= 11 is 1.59. The highest BCUT2D eigenvalue weighted by Gasteiger charge is 2.50. The van der Waals surface area contributed by atoms with Gasteiger partial charge in [-0.2, -0.15) is 0 Å². The van der Waals surface area contributed by atoms with Crippen LogP contribution in [0.1, 0.15) is 50.5 Å². The molecule has 1 aliphatic carbocycles. The molecule has 3 aromatic rings. The van der Waals surface area contributed by atoms with Crippen LogP contribution in [0.4, 0.5) is 5.69 Å². The van der Waals surface area contributed by atoms with Crippen LogP contribution in [-0.2, 0) is 11.3 Å². The topological polar surface area (TPSA) is 72.8 Å². The Labute approximate surface area is 210 Å². The van der Waals surface area contributed by atoms with Gasteiger partial charge < -0.3 is 19.4 Å². The number of hydrogen-bond acceptors (Lipinski definition) is 5. The number of nitrogens with zero attached hydrogens (tertiary/aromatic N) is 2. The van der Waals surface area contributed by atoms with E-state index in [0.29, 0.717) is 41.3 Å². The predicted octanol–water partition coefficient (Wildman–Crippen LogP) is 5.08. The minimum absolute atomic E-state index is 0.0828. The maximum atomic E-state index is 14.1. The molecule has 1 aromatic carbocycles. The number of carbonyl (C=O) groups is 2. The first-order chi connectivity index (χ1) is 16.8. The zero-order valence-electron chi connectivity index (χ0n) is 21.0. The first kappa shape index (κ1) is 23.7. The van der Waals surface area contributed by atoms with Gasteiger partial charge in [0.1, 0.15) is 22.7 Å². The molecule has 0 radical (unpaired) electrons. The maximum absolute atomic E-state index is 14.1. The normalized spacial score (nSPS) is 26.5. The smallest absolute Gasteiger partial charge is 0.276 e. The molecule has 2 aliphatic rings. The van der Waals surface area contributed by atoms with Crippen LogP contribution >= 0.6 is 11.3 Å². The van der Waals surface area contributed by atoms with Gasteiger partial charge in [-0.05, 0) is 54.8 Å². The fraction of sp³-hybridized carbons (Fsp3) is 0.481. The summed E-state index contributed by atoms with van der Waals surface area (Å²) in [5.74, 6) is 1.65. The molecule has 4 atom stereocenters. The van der Waals surface area contributed by atoms with Crippen molar-refractivity contribution in [1.29, 1.82) is 0 Å². The molecule has 186 valence electrons. The Balaban J connectivity index is 1.63. The molecule has 0 bridgehead atoms. The van der Waals surface area contributed by atoms with E-state index in [-0.39, 0.29) is 17.9 Å². The molecule has 2 aromatic heterocycles. The number of ether oxygens (including phenoxy) is 2. The van der Waals surface area contributed by atoms with Crippen molar-refractivity contribution < 1.29 is 19.1 Å². The lowest BCUT2D eigenvalue weighted by Crippen LogP contribution is -2.66. The summed E-state index contributed by atoms with van der Waals surface area (Å²) in [6.07, 6.45) is 3.23. The number of anilines is 1. The van der Waals surface area contributed by atoms with E-state index in [1.807, 2.05) is 29.0 Å². The first-order valence-corrected chi connectivity index (χ1v) is 13.1. The fourth-order valence-electron chi connectivity index (χ4n) is 5.67. The molecule has 35 heavy (non-hydrogen) atoms. The minimum Gasteiger partial charge on any atom is -0.497 e. The van der Waals surface area contributed by atoms with E-state index in [1.165, 1.54) is 6.42 Å². The third-order valence-corrected chi connectivity index (χ3v) is 8.90. The second-order valence-corrected chi connectivity index (χ2v) is 11.0. The van der Waals surface area contributed by atoms with Crippen LogP contribution in [-0.4, -0.2) is 42.2 Å². The summed E-state index contributed by atoms with van der Waals surface area (Å²) in [5, 5.41) is 5.36. The SMILES string of the molecule is COc1ccc(OC)c(N2C(=O)c3cc4sccc4n3C[C@]2(C)C(=O)N[C@@H]2CCC[C@@H](C)[C@@H]2C)c1. The number of nitrogens with one attached hydrogen (secondary N) is 1. The van der Waals surface area contributed by atoms with E-state index in [1.54, 1.807) is 48.7 Å². The van der Waals surface area contributed by atoms with Gasteiger partial charge in [0.2, 0.25) is 5.91 Å². The zero-order chi connectivity index (χ0) is 24.9. The summed E-state index contributed by atoms with van der Waals surface area (Å²) in [4.78, 5) is 29.9. The number of hydrogen-bond donors (Lipinski definition) is 1. The second-order valence-electron chi connectivity index (χ2n) is 10.1. The lowest BCUT2D eigenvalue weighted by atomic mass is 9.77. The van der Waals surface area contributed by atoms with Gasteiger partial charge in [0, 0.05) is 12.1 Å². The number of amides is 2. The third kappa shape index (κ3) is 3.78. The number of carbonyl (C=O) groups excluding carboxylic acids is 2. The number of fused-ring (bicyclic) bond motifs is 3. The van der Waals surface area contributed by atoms with E-state index in [4.69, 9.17) is 9.47 Å². The second kappa shape index (κ2) is 8.90. The van der Waals surface area contributed by atoms with Crippen LogP contribution < -0.4 is 19.7 Å². The number of aromatic nitrogens is 1. The Kier molecular flexibility index (Phi) is 6.03. The molecule has 1 saturated carbocycles. The minimum atomic E-state index is -1.17.